The summed E-state index contributed by atoms with van der Waals surface area (Å²) in [6.07, 6.45) is 2.55. The molecule has 0 bridgehead atoms. The maximum Gasteiger partial charge on any atom is 0.326 e. The number of amides is 1. The molecule has 5 heteroatoms. The molecule has 92 valence electrons. The number of carbonyl (C=O) groups excluding carboxylic acids is 1. The highest BCUT2D eigenvalue weighted by molar-refractivity contribution is 5.84. The molecule has 1 fully saturated rings. The second-order valence-corrected chi connectivity index (χ2v) is 3.95. The molecule has 1 N–H and O–H groups in total. The quantitative estimate of drug-likeness (QED) is 0.686. The zero-order valence-electron chi connectivity index (χ0n) is 9.65. The van der Waals surface area contributed by atoms with Crippen molar-refractivity contribution in [1.29, 1.82) is 0 Å². The van der Waals surface area contributed by atoms with Crippen LogP contribution in [0.15, 0.2) is 0 Å². The van der Waals surface area contributed by atoms with E-state index in [1.54, 1.807) is 0 Å². The van der Waals surface area contributed by atoms with Gasteiger partial charge in [-0.05, 0) is 19.3 Å². The summed E-state index contributed by atoms with van der Waals surface area (Å²) in [5.74, 6) is -1.01. The molecule has 16 heavy (non-hydrogen) atoms. The Hall–Kier alpha value is -1.10. The van der Waals surface area contributed by atoms with Crippen molar-refractivity contribution in [3.63, 3.8) is 0 Å². The third-order valence-electron chi connectivity index (χ3n) is 2.67. The lowest BCUT2D eigenvalue weighted by molar-refractivity contribution is -0.148. The second kappa shape index (κ2) is 6.48. The molecule has 1 saturated heterocycles. The molecule has 1 heterocycles. The van der Waals surface area contributed by atoms with Gasteiger partial charge in [0, 0.05) is 13.2 Å². The van der Waals surface area contributed by atoms with Crippen LogP contribution in [0.1, 0.15) is 32.6 Å². The van der Waals surface area contributed by atoms with Crippen LogP contribution >= 0.6 is 0 Å². The summed E-state index contributed by atoms with van der Waals surface area (Å²) >= 11 is 0. The van der Waals surface area contributed by atoms with Crippen LogP contribution in [0.3, 0.4) is 0 Å². The fourth-order valence-corrected chi connectivity index (χ4v) is 1.87. The molecular formula is C11H19NO4. The highest BCUT2D eigenvalue weighted by Gasteiger charge is 2.33. The SMILES string of the molecule is CCCOCCC(=O)N1CCC[C@H]1C(=O)O. The molecule has 0 aromatic heterocycles. The number of likely N-dealkylation sites (tertiary alicyclic amines) is 1. The molecule has 0 saturated carbocycles. The van der Waals surface area contributed by atoms with Gasteiger partial charge in [0.05, 0.1) is 13.0 Å². The molecular weight excluding hydrogens is 210 g/mol. The summed E-state index contributed by atoms with van der Waals surface area (Å²) in [6.45, 7) is 3.59. The first-order valence-corrected chi connectivity index (χ1v) is 5.76. The zero-order valence-corrected chi connectivity index (χ0v) is 9.65. The average molecular weight is 229 g/mol. The number of rotatable bonds is 6. The van der Waals surface area contributed by atoms with E-state index >= 15 is 0 Å². The number of aliphatic carboxylic acids is 1. The van der Waals surface area contributed by atoms with E-state index in [4.69, 9.17) is 9.84 Å². The van der Waals surface area contributed by atoms with E-state index in [-0.39, 0.29) is 12.3 Å². The van der Waals surface area contributed by atoms with Crippen LogP contribution in [0, 0.1) is 0 Å². The number of carbonyl (C=O) groups is 2. The van der Waals surface area contributed by atoms with Gasteiger partial charge in [0.15, 0.2) is 0 Å². The van der Waals surface area contributed by atoms with Crippen molar-refractivity contribution in [3.05, 3.63) is 0 Å². The largest absolute Gasteiger partial charge is 0.480 e. The summed E-state index contributed by atoms with van der Waals surface area (Å²) in [5, 5.41) is 8.92. The van der Waals surface area contributed by atoms with Crippen molar-refractivity contribution in [3.8, 4) is 0 Å². The molecule has 0 aromatic rings. The van der Waals surface area contributed by atoms with Crippen LogP contribution in [0.5, 0.6) is 0 Å². The summed E-state index contributed by atoms with van der Waals surface area (Å²) in [6, 6.07) is -0.626. The highest BCUT2D eigenvalue weighted by Crippen LogP contribution is 2.18. The van der Waals surface area contributed by atoms with Crippen molar-refractivity contribution in [1.82, 2.24) is 4.90 Å². The summed E-state index contributed by atoms with van der Waals surface area (Å²) in [4.78, 5) is 24.0. The smallest absolute Gasteiger partial charge is 0.326 e. The standard InChI is InChI=1S/C11H19NO4/c1-2-7-16-8-5-10(13)12-6-3-4-9(12)11(14)15/h9H,2-8H2,1H3,(H,14,15)/t9-/m0/s1. The van der Waals surface area contributed by atoms with Crippen LogP contribution < -0.4 is 0 Å². The van der Waals surface area contributed by atoms with E-state index in [0.717, 1.165) is 12.8 Å². The number of ether oxygens (including phenoxy) is 1. The van der Waals surface area contributed by atoms with Gasteiger partial charge in [0.25, 0.3) is 0 Å². The van der Waals surface area contributed by atoms with Gasteiger partial charge in [-0.2, -0.15) is 0 Å². The van der Waals surface area contributed by atoms with Crippen molar-refractivity contribution in [2.45, 2.75) is 38.6 Å². The zero-order chi connectivity index (χ0) is 12.0. The molecule has 1 atom stereocenters. The first kappa shape index (κ1) is 13.0. The lowest BCUT2D eigenvalue weighted by atomic mass is 10.2. The molecule has 0 unspecified atom stereocenters. The fourth-order valence-electron chi connectivity index (χ4n) is 1.87. The van der Waals surface area contributed by atoms with Crippen LogP contribution in [0.4, 0.5) is 0 Å². The molecule has 0 radical (unpaired) electrons. The Bertz CT molecular complexity index is 254. The average Bonchev–Trinajstić information content (AvgIpc) is 2.73. The molecule has 1 aliphatic rings. The van der Waals surface area contributed by atoms with E-state index in [1.165, 1.54) is 4.90 Å². The van der Waals surface area contributed by atoms with E-state index in [0.29, 0.717) is 26.2 Å². The number of hydrogen-bond acceptors (Lipinski definition) is 3. The van der Waals surface area contributed by atoms with Gasteiger partial charge in [-0.1, -0.05) is 6.92 Å². The van der Waals surface area contributed by atoms with Gasteiger partial charge in [-0.3, -0.25) is 4.79 Å². The van der Waals surface area contributed by atoms with Crippen LogP contribution in [0.25, 0.3) is 0 Å². The minimum absolute atomic E-state index is 0.110. The molecule has 0 spiro atoms. The first-order valence-electron chi connectivity index (χ1n) is 5.76. The Kier molecular flexibility index (Phi) is 5.25. The Labute approximate surface area is 95.4 Å². The van der Waals surface area contributed by atoms with Crippen molar-refractivity contribution in [2.24, 2.45) is 0 Å². The third-order valence-corrected chi connectivity index (χ3v) is 2.67. The summed E-state index contributed by atoms with van der Waals surface area (Å²) in [5.41, 5.74) is 0. The van der Waals surface area contributed by atoms with Gasteiger partial charge in [0.2, 0.25) is 5.91 Å². The third kappa shape index (κ3) is 3.48. The number of hydrogen-bond donors (Lipinski definition) is 1. The van der Waals surface area contributed by atoms with Crippen molar-refractivity contribution < 1.29 is 19.4 Å². The lowest BCUT2D eigenvalue weighted by Gasteiger charge is -2.21. The summed E-state index contributed by atoms with van der Waals surface area (Å²) < 4.78 is 5.21. The van der Waals surface area contributed by atoms with Crippen LogP contribution in [-0.2, 0) is 14.3 Å². The number of carboxylic acids is 1. The Balaban J connectivity index is 2.32. The first-order chi connectivity index (χ1) is 7.66. The van der Waals surface area contributed by atoms with Crippen LogP contribution in [-0.4, -0.2) is 47.7 Å². The number of nitrogens with zero attached hydrogens (tertiary/aromatic N) is 1. The second-order valence-electron chi connectivity index (χ2n) is 3.95. The summed E-state index contributed by atoms with van der Waals surface area (Å²) in [7, 11) is 0. The van der Waals surface area contributed by atoms with E-state index in [1.807, 2.05) is 6.92 Å². The molecule has 0 aliphatic carbocycles. The Morgan fingerprint density at radius 2 is 2.19 bits per heavy atom. The predicted molar refractivity (Wildman–Crippen MR) is 58.1 cm³/mol. The van der Waals surface area contributed by atoms with Gasteiger partial charge in [0.1, 0.15) is 6.04 Å². The Morgan fingerprint density at radius 3 is 2.81 bits per heavy atom. The molecule has 1 rings (SSSR count). The van der Waals surface area contributed by atoms with E-state index in [2.05, 4.69) is 0 Å². The van der Waals surface area contributed by atoms with Gasteiger partial charge >= 0.3 is 5.97 Å². The van der Waals surface area contributed by atoms with E-state index < -0.39 is 12.0 Å². The van der Waals surface area contributed by atoms with Crippen molar-refractivity contribution in [2.75, 3.05) is 19.8 Å². The lowest BCUT2D eigenvalue weighted by Crippen LogP contribution is -2.40. The predicted octanol–water partition coefficient (Wildman–Crippen LogP) is 0.879. The minimum Gasteiger partial charge on any atom is -0.480 e. The fraction of sp³-hybridized carbons (Fsp3) is 0.818. The van der Waals surface area contributed by atoms with Crippen LogP contribution in [0.2, 0.25) is 0 Å². The Morgan fingerprint density at radius 1 is 1.44 bits per heavy atom. The molecule has 5 nitrogen and oxygen atoms in total. The molecule has 0 aromatic carbocycles. The maximum atomic E-state index is 11.7. The minimum atomic E-state index is -0.902. The molecule has 1 aliphatic heterocycles. The van der Waals surface area contributed by atoms with E-state index in [9.17, 15) is 9.59 Å². The highest BCUT2D eigenvalue weighted by atomic mass is 16.5. The van der Waals surface area contributed by atoms with Gasteiger partial charge in [-0.15, -0.1) is 0 Å². The van der Waals surface area contributed by atoms with Gasteiger partial charge < -0.3 is 14.7 Å². The monoisotopic (exact) mass is 229 g/mol. The number of carboxylic acid groups (broad SMARTS) is 1. The topological polar surface area (TPSA) is 66.8 Å². The normalized spacial score (nSPS) is 20.1. The van der Waals surface area contributed by atoms with Crippen molar-refractivity contribution >= 4 is 11.9 Å². The maximum absolute atomic E-state index is 11.7. The van der Waals surface area contributed by atoms with Gasteiger partial charge in [-0.25, -0.2) is 4.79 Å². The molecule has 1 amide bonds.